The summed E-state index contributed by atoms with van der Waals surface area (Å²) in [5.41, 5.74) is 1.40. The number of carbonyl (C=O) groups excluding carboxylic acids is 3. The van der Waals surface area contributed by atoms with Crippen LogP contribution in [0.1, 0.15) is 25.3 Å². The lowest BCUT2D eigenvalue weighted by Crippen LogP contribution is -2.54. The van der Waals surface area contributed by atoms with Gasteiger partial charge in [0.05, 0.1) is 11.9 Å². The smallest absolute Gasteiger partial charge is 0.273 e. The lowest BCUT2D eigenvalue weighted by Gasteiger charge is -2.26. The Kier molecular flexibility index (Phi) is 4.74. The molecule has 4 amide bonds. The topological polar surface area (TPSA) is 84.3 Å². The molecule has 1 aromatic carbocycles. The lowest BCUT2D eigenvalue weighted by atomic mass is 10.1. The first-order chi connectivity index (χ1) is 12.1. The molecule has 1 fully saturated rings. The van der Waals surface area contributed by atoms with Gasteiger partial charge in [-0.25, -0.2) is 9.48 Å². The van der Waals surface area contributed by atoms with Crippen LogP contribution < -0.4 is 5.32 Å². The van der Waals surface area contributed by atoms with Crippen LogP contribution in [0.25, 0.3) is 11.8 Å². The Morgan fingerprint density at radius 3 is 2.64 bits per heavy atom. The fraction of sp³-hybridized carbons (Fsp3) is 0.222. The fourth-order valence-electron chi connectivity index (χ4n) is 2.51. The summed E-state index contributed by atoms with van der Waals surface area (Å²) in [6.07, 6.45) is 6.26. The van der Waals surface area contributed by atoms with Gasteiger partial charge in [-0.2, -0.15) is 5.10 Å². The number of carbonyl (C=O) groups is 3. The molecule has 1 aromatic heterocycles. The number of imide groups is 2. The van der Waals surface area contributed by atoms with Crippen LogP contribution in [0.5, 0.6) is 0 Å². The number of amides is 4. The maximum absolute atomic E-state index is 12.5. The van der Waals surface area contributed by atoms with Crippen LogP contribution in [0.2, 0.25) is 0 Å². The summed E-state index contributed by atoms with van der Waals surface area (Å²) in [6.45, 7) is 2.25. The Hall–Kier alpha value is -3.22. The van der Waals surface area contributed by atoms with Gasteiger partial charge in [0, 0.05) is 18.3 Å². The molecule has 0 aliphatic carbocycles. The van der Waals surface area contributed by atoms with Gasteiger partial charge in [0.25, 0.3) is 11.8 Å². The number of benzene rings is 1. The Balaban J connectivity index is 1.86. The normalized spacial score (nSPS) is 16.4. The van der Waals surface area contributed by atoms with Gasteiger partial charge in [-0.3, -0.25) is 19.8 Å². The minimum absolute atomic E-state index is 0.0664. The van der Waals surface area contributed by atoms with E-state index in [0.717, 1.165) is 17.0 Å². The van der Waals surface area contributed by atoms with E-state index in [1.165, 1.54) is 6.08 Å². The van der Waals surface area contributed by atoms with Crippen molar-refractivity contribution in [2.75, 3.05) is 6.54 Å². The van der Waals surface area contributed by atoms with Gasteiger partial charge in [0.1, 0.15) is 5.57 Å². The molecule has 0 unspecified atom stereocenters. The number of nitrogens with zero attached hydrogens (tertiary/aromatic N) is 3. The van der Waals surface area contributed by atoms with Crippen molar-refractivity contribution in [3.8, 4) is 5.69 Å². The molecule has 2 heterocycles. The number of urea groups is 1. The zero-order valence-electron chi connectivity index (χ0n) is 13.8. The average Bonchev–Trinajstić information content (AvgIpc) is 3.08. The van der Waals surface area contributed by atoms with Gasteiger partial charge in [-0.1, -0.05) is 31.5 Å². The van der Waals surface area contributed by atoms with Crippen LogP contribution in [-0.4, -0.2) is 39.1 Å². The molecule has 3 rings (SSSR count). The summed E-state index contributed by atoms with van der Waals surface area (Å²) in [7, 11) is 0. The third-order valence-electron chi connectivity index (χ3n) is 3.86. The first kappa shape index (κ1) is 16.6. The van der Waals surface area contributed by atoms with Gasteiger partial charge in [-0.15, -0.1) is 0 Å². The predicted molar refractivity (Wildman–Crippen MR) is 91.7 cm³/mol. The molecule has 0 radical (unpaired) electrons. The average molecular weight is 338 g/mol. The Bertz CT molecular complexity index is 839. The number of para-hydroxylation sites is 1. The van der Waals surface area contributed by atoms with Gasteiger partial charge in [-0.05, 0) is 24.6 Å². The molecule has 2 aromatic rings. The van der Waals surface area contributed by atoms with Gasteiger partial charge < -0.3 is 0 Å². The Labute approximate surface area is 144 Å². The molecule has 1 aliphatic rings. The maximum atomic E-state index is 12.5. The number of barbiturate groups is 1. The van der Waals surface area contributed by atoms with E-state index < -0.39 is 17.8 Å². The molecule has 1 saturated heterocycles. The maximum Gasteiger partial charge on any atom is 0.331 e. The van der Waals surface area contributed by atoms with Crippen molar-refractivity contribution in [3.63, 3.8) is 0 Å². The quantitative estimate of drug-likeness (QED) is 0.669. The van der Waals surface area contributed by atoms with E-state index in [-0.39, 0.29) is 12.1 Å². The van der Waals surface area contributed by atoms with Crippen molar-refractivity contribution in [1.82, 2.24) is 20.0 Å². The van der Waals surface area contributed by atoms with Crippen molar-refractivity contribution in [3.05, 3.63) is 53.9 Å². The van der Waals surface area contributed by atoms with Crippen LogP contribution in [-0.2, 0) is 9.59 Å². The minimum Gasteiger partial charge on any atom is -0.273 e. The number of rotatable bonds is 5. The molecule has 1 aliphatic heterocycles. The molecule has 7 nitrogen and oxygen atoms in total. The SMILES string of the molecule is CCCCN1C(=O)NC(=O)/C(=C/c2cnn(-c3ccccc3)c2)C1=O. The summed E-state index contributed by atoms with van der Waals surface area (Å²) in [6, 6.07) is 8.82. The van der Waals surface area contributed by atoms with E-state index in [9.17, 15) is 14.4 Å². The highest BCUT2D eigenvalue weighted by Crippen LogP contribution is 2.16. The Morgan fingerprint density at radius 2 is 1.92 bits per heavy atom. The van der Waals surface area contributed by atoms with Gasteiger partial charge in [0.15, 0.2) is 0 Å². The van der Waals surface area contributed by atoms with Crippen LogP contribution in [0, 0.1) is 0 Å². The highest BCUT2D eigenvalue weighted by molar-refractivity contribution is 6.30. The number of hydrogen-bond donors (Lipinski definition) is 1. The number of hydrogen-bond acceptors (Lipinski definition) is 4. The van der Waals surface area contributed by atoms with E-state index in [4.69, 9.17) is 0 Å². The molecule has 7 heteroatoms. The molecule has 25 heavy (non-hydrogen) atoms. The zero-order valence-corrected chi connectivity index (χ0v) is 13.8. The van der Waals surface area contributed by atoms with Crippen molar-refractivity contribution >= 4 is 23.9 Å². The summed E-state index contributed by atoms with van der Waals surface area (Å²) < 4.78 is 1.65. The van der Waals surface area contributed by atoms with Gasteiger partial charge in [0.2, 0.25) is 0 Å². The van der Waals surface area contributed by atoms with Crippen LogP contribution in [0.3, 0.4) is 0 Å². The third-order valence-corrected chi connectivity index (χ3v) is 3.86. The summed E-state index contributed by atoms with van der Waals surface area (Å²) in [5, 5.41) is 6.44. The van der Waals surface area contributed by atoms with E-state index >= 15 is 0 Å². The van der Waals surface area contributed by atoms with E-state index in [1.54, 1.807) is 17.1 Å². The van der Waals surface area contributed by atoms with Crippen molar-refractivity contribution in [1.29, 1.82) is 0 Å². The molecule has 0 saturated carbocycles. The van der Waals surface area contributed by atoms with Crippen molar-refractivity contribution < 1.29 is 14.4 Å². The first-order valence-electron chi connectivity index (χ1n) is 8.09. The van der Waals surface area contributed by atoms with Crippen molar-refractivity contribution in [2.45, 2.75) is 19.8 Å². The van der Waals surface area contributed by atoms with E-state index in [2.05, 4.69) is 10.4 Å². The number of unbranched alkanes of at least 4 members (excludes halogenated alkanes) is 1. The van der Waals surface area contributed by atoms with Crippen LogP contribution >= 0.6 is 0 Å². The lowest BCUT2D eigenvalue weighted by molar-refractivity contribution is -0.130. The predicted octanol–water partition coefficient (Wildman–Crippen LogP) is 2.13. The molecule has 0 atom stereocenters. The Morgan fingerprint density at radius 1 is 1.16 bits per heavy atom. The summed E-state index contributed by atoms with van der Waals surface area (Å²) >= 11 is 0. The number of nitrogens with one attached hydrogen (secondary N) is 1. The van der Waals surface area contributed by atoms with Gasteiger partial charge >= 0.3 is 6.03 Å². The second-order valence-corrected chi connectivity index (χ2v) is 5.68. The third kappa shape index (κ3) is 3.50. The molecule has 128 valence electrons. The monoisotopic (exact) mass is 338 g/mol. The zero-order chi connectivity index (χ0) is 17.8. The molecule has 1 N–H and O–H groups in total. The van der Waals surface area contributed by atoms with E-state index in [1.807, 2.05) is 37.3 Å². The van der Waals surface area contributed by atoms with Crippen LogP contribution in [0.15, 0.2) is 48.3 Å². The summed E-state index contributed by atoms with van der Waals surface area (Å²) in [5.74, 6) is -1.26. The first-order valence-corrected chi connectivity index (χ1v) is 8.09. The number of aromatic nitrogens is 2. The second-order valence-electron chi connectivity index (χ2n) is 5.68. The van der Waals surface area contributed by atoms with Crippen LogP contribution in [0.4, 0.5) is 4.79 Å². The minimum atomic E-state index is -0.685. The standard InChI is InChI=1S/C18H18N4O3/c1-2-3-9-21-17(24)15(16(23)20-18(21)25)10-13-11-19-22(12-13)14-7-5-4-6-8-14/h4-8,10-12H,2-3,9H2,1H3,(H,20,23,25)/b15-10-. The molecule has 0 spiro atoms. The second kappa shape index (κ2) is 7.12. The summed E-state index contributed by atoms with van der Waals surface area (Å²) in [4.78, 5) is 37.4. The molecular formula is C18H18N4O3. The van der Waals surface area contributed by atoms with Crippen molar-refractivity contribution in [2.24, 2.45) is 0 Å². The molecule has 0 bridgehead atoms. The highest BCUT2D eigenvalue weighted by atomic mass is 16.2. The fourth-order valence-corrected chi connectivity index (χ4v) is 2.51. The molecular weight excluding hydrogens is 320 g/mol. The van der Waals surface area contributed by atoms with E-state index in [0.29, 0.717) is 12.0 Å². The highest BCUT2D eigenvalue weighted by Gasteiger charge is 2.35. The largest absolute Gasteiger partial charge is 0.331 e.